The molecule has 0 fully saturated rings. The molecule has 0 aliphatic heterocycles. The van der Waals surface area contributed by atoms with E-state index in [1.165, 1.54) is 48.8 Å². The predicted molar refractivity (Wildman–Crippen MR) is 211 cm³/mol. The number of aromatic nitrogens is 3. The van der Waals surface area contributed by atoms with E-state index in [0.717, 1.165) is 43.9 Å². The van der Waals surface area contributed by atoms with Crippen LogP contribution in [-0.2, 0) is 0 Å². The summed E-state index contributed by atoms with van der Waals surface area (Å²) in [5.74, 6) is 0.743. The van der Waals surface area contributed by atoms with Gasteiger partial charge in [-0.05, 0) is 58.7 Å². The predicted octanol–water partition coefficient (Wildman–Crippen LogP) is 12.6. The number of para-hydroxylation sites is 2. The normalized spacial score (nSPS) is 11.6. The van der Waals surface area contributed by atoms with E-state index in [4.69, 9.17) is 9.97 Å². The molecule has 7 aromatic carbocycles. The molecule has 0 atom stereocenters. The fourth-order valence-corrected chi connectivity index (χ4v) is 8.43. The fourth-order valence-electron chi connectivity index (χ4n) is 7.23. The van der Waals surface area contributed by atoms with Gasteiger partial charge in [-0.2, -0.15) is 0 Å². The molecule has 0 spiro atoms. The van der Waals surface area contributed by atoms with Crippen molar-refractivity contribution in [1.82, 2.24) is 14.5 Å². The lowest BCUT2D eigenvalue weighted by Crippen LogP contribution is -1.96. The van der Waals surface area contributed by atoms with Gasteiger partial charge in [-0.15, -0.1) is 11.3 Å². The van der Waals surface area contributed by atoms with Gasteiger partial charge in [0, 0.05) is 37.7 Å². The Bertz CT molecular complexity index is 2800. The second-order valence-electron chi connectivity index (χ2n) is 12.6. The highest BCUT2D eigenvalue weighted by molar-refractivity contribution is 7.26. The van der Waals surface area contributed by atoms with Crippen LogP contribution in [0.1, 0.15) is 0 Å². The summed E-state index contributed by atoms with van der Waals surface area (Å²) in [5.41, 5.74) is 12.3. The molecule has 0 amide bonds. The Morgan fingerprint density at radius 3 is 1.62 bits per heavy atom. The number of benzene rings is 7. The molecule has 4 heteroatoms. The second kappa shape index (κ2) is 11.7. The van der Waals surface area contributed by atoms with E-state index in [2.05, 4.69) is 156 Å². The number of fused-ring (bicyclic) bond motifs is 6. The zero-order chi connectivity index (χ0) is 33.0. The monoisotopic (exact) mass is 655 g/mol. The average Bonchev–Trinajstić information content (AvgIpc) is 3.74. The molecule has 0 N–H and O–H groups in total. The number of nitrogens with zero attached hydrogens (tertiary/aromatic N) is 3. The van der Waals surface area contributed by atoms with Crippen molar-refractivity contribution in [2.24, 2.45) is 0 Å². The lowest BCUT2D eigenvalue weighted by Gasteiger charge is -2.14. The van der Waals surface area contributed by atoms with Gasteiger partial charge < -0.3 is 4.57 Å². The van der Waals surface area contributed by atoms with Crippen molar-refractivity contribution < 1.29 is 0 Å². The van der Waals surface area contributed by atoms with Crippen molar-refractivity contribution in [2.75, 3.05) is 0 Å². The quantitative estimate of drug-likeness (QED) is 0.185. The molecule has 0 bridgehead atoms. The number of hydrogen-bond acceptors (Lipinski definition) is 3. The highest BCUT2D eigenvalue weighted by Crippen LogP contribution is 2.42. The summed E-state index contributed by atoms with van der Waals surface area (Å²) in [6, 6.07) is 62.6. The molecular formula is C46H29N3S. The largest absolute Gasteiger partial charge is 0.309 e. The van der Waals surface area contributed by atoms with E-state index >= 15 is 0 Å². The minimum Gasteiger partial charge on any atom is -0.309 e. The molecule has 10 aromatic rings. The molecule has 0 aliphatic carbocycles. The van der Waals surface area contributed by atoms with Crippen LogP contribution in [0.5, 0.6) is 0 Å². The number of rotatable bonds is 5. The van der Waals surface area contributed by atoms with Crippen molar-refractivity contribution in [1.29, 1.82) is 0 Å². The molecule has 0 unspecified atom stereocenters. The highest BCUT2D eigenvalue weighted by Gasteiger charge is 2.18. The minimum absolute atomic E-state index is 0.743. The van der Waals surface area contributed by atoms with Crippen LogP contribution in [0, 0.1) is 0 Å². The SMILES string of the molecule is c1ccc(-c2cc(-c3ccc4c(c3)sc3c(-c5ccccc5)nc(-c5ccccc5)nc34)cc(-n3c4ccccc4c4ccccc43)c2)cc1. The summed E-state index contributed by atoms with van der Waals surface area (Å²) in [4.78, 5) is 10.3. The van der Waals surface area contributed by atoms with Crippen LogP contribution in [0.3, 0.4) is 0 Å². The Morgan fingerprint density at radius 2 is 0.960 bits per heavy atom. The first-order valence-electron chi connectivity index (χ1n) is 16.8. The van der Waals surface area contributed by atoms with E-state index in [-0.39, 0.29) is 0 Å². The first-order chi connectivity index (χ1) is 24.8. The minimum atomic E-state index is 0.743. The van der Waals surface area contributed by atoms with Crippen LogP contribution < -0.4 is 0 Å². The molecule has 0 saturated carbocycles. The van der Waals surface area contributed by atoms with Gasteiger partial charge in [0.25, 0.3) is 0 Å². The van der Waals surface area contributed by atoms with Gasteiger partial charge in [0.15, 0.2) is 5.82 Å². The van der Waals surface area contributed by atoms with Crippen LogP contribution in [0.2, 0.25) is 0 Å². The van der Waals surface area contributed by atoms with Crippen LogP contribution in [0.4, 0.5) is 0 Å². The molecule has 0 aliphatic rings. The zero-order valence-electron chi connectivity index (χ0n) is 27.0. The van der Waals surface area contributed by atoms with Crippen LogP contribution in [0.25, 0.3) is 92.7 Å². The van der Waals surface area contributed by atoms with Gasteiger partial charge in [-0.3, -0.25) is 0 Å². The van der Waals surface area contributed by atoms with Crippen molar-refractivity contribution >= 4 is 53.4 Å². The van der Waals surface area contributed by atoms with E-state index in [0.29, 0.717) is 0 Å². The van der Waals surface area contributed by atoms with E-state index in [1.807, 2.05) is 24.3 Å². The molecule has 3 aromatic heterocycles. The van der Waals surface area contributed by atoms with Gasteiger partial charge in [-0.1, -0.05) is 140 Å². The van der Waals surface area contributed by atoms with Crippen LogP contribution >= 0.6 is 11.3 Å². The first-order valence-corrected chi connectivity index (χ1v) is 17.6. The zero-order valence-corrected chi connectivity index (χ0v) is 27.8. The van der Waals surface area contributed by atoms with Gasteiger partial charge in [0.05, 0.1) is 26.9 Å². The maximum Gasteiger partial charge on any atom is 0.160 e. The maximum absolute atomic E-state index is 5.18. The van der Waals surface area contributed by atoms with E-state index in [1.54, 1.807) is 11.3 Å². The smallest absolute Gasteiger partial charge is 0.160 e. The summed E-state index contributed by atoms with van der Waals surface area (Å²) in [6.07, 6.45) is 0. The molecule has 3 nitrogen and oxygen atoms in total. The molecule has 50 heavy (non-hydrogen) atoms. The molecule has 3 heterocycles. The van der Waals surface area contributed by atoms with Crippen LogP contribution in [0.15, 0.2) is 176 Å². The third kappa shape index (κ3) is 4.73. The molecular weight excluding hydrogens is 627 g/mol. The summed E-state index contributed by atoms with van der Waals surface area (Å²) in [7, 11) is 0. The summed E-state index contributed by atoms with van der Waals surface area (Å²) in [6.45, 7) is 0. The van der Waals surface area contributed by atoms with Gasteiger partial charge in [0.2, 0.25) is 0 Å². The Balaban J connectivity index is 1.20. The highest BCUT2D eigenvalue weighted by atomic mass is 32.1. The Hall–Kier alpha value is -6.36. The van der Waals surface area contributed by atoms with Crippen LogP contribution in [-0.4, -0.2) is 14.5 Å². The van der Waals surface area contributed by atoms with E-state index < -0.39 is 0 Å². The number of thiophene rings is 1. The molecule has 10 rings (SSSR count). The van der Waals surface area contributed by atoms with Crippen molar-refractivity contribution in [3.05, 3.63) is 176 Å². The third-order valence-corrected chi connectivity index (χ3v) is 10.7. The molecule has 0 saturated heterocycles. The number of hydrogen-bond donors (Lipinski definition) is 0. The second-order valence-corrected chi connectivity index (χ2v) is 13.7. The lowest BCUT2D eigenvalue weighted by atomic mass is 9.97. The van der Waals surface area contributed by atoms with Gasteiger partial charge >= 0.3 is 0 Å². The van der Waals surface area contributed by atoms with Crippen molar-refractivity contribution in [3.8, 4) is 50.6 Å². The van der Waals surface area contributed by atoms with Gasteiger partial charge in [0.1, 0.15) is 0 Å². The van der Waals surface area contributed by atoms with Gasteiger partial charge in [-0.25, -0.2) is 9.97 Å². The van der Waals surface area contributed by atoms with Crippen molar-refractivity contribution in [3.63, 3.8) is 0 Å². The summed E-state index contributed by atoms with van der Waals surface area (Å²) < 4.78 is 4.70. The Labute approximate surface area is 293 Å². The fraction of sp³-hybridized carbons (Fsp3) is 0. The van der Waals surface area contributed by atoms with Crippen molar-refractivity contribution in [2.45, 2.75) is 0 Å². The van der Waals surface area contributed by atoms with E-state index in [9.17, 15) is 0 Å². The summed E-state index contributed by atoms with van der Waals surface area (Å²) >= 11 is 1.77. The lowest BCUT2D eigenvalue weighted by molar-refractivity contribution is 1.18. The third-order valence-electron chi connectivity index (χ3n) is 9.59. The average molecular weight is 656 g/mol. The standard InChI is InChI=1S/C46H29N3S/c1-4-14-30(15-5-1)34-26-35(28-36(27-34)49-40-22-12-10-20-37(40)38-21-11-13-23-41(38)49)33-24-25-39-42(29-33)50-45-43(31-16-6-2-7-17-31)47-46(48-44(39)45)32-18-8-3-9-19-32/h1-29H. The molecule has 0 radical (unpaired) electrons. The maximum atomic E-state index is 5.18. The summed E-state index contributed by atoms with van der Waals surface area (Å²) in [5, 5.41) is 3.66. The first kappa shape index (κ1) is 28.6. The Morgan fingerprint density at radius 1 is 0.400 bits per heavy atom. The topological polar surface area (TPSA) is 30.7 Å². The molecule has 234 valence electrons. The Kier molecular flexibility index (Phi) is 6.68.